The zero-order valence-electron chi connectivity index (χ0n) is 11.8. The molecule has 1 saturated carbocycles. The third-order valence-electron chi connectivity index (χ3n) is 3.46. The molecule has 1 aliphatic rings. The molecule has 0 bridgehead atoms. The molecule has 1 atom stereocenters. The van der Waals surface area contributed by atoms with Crippen LogP contribution in [0.1, 0.15) is 26.7 Å². The Morgan fingerprint density at radius 1 is 1.47 bits per heavy atom. The maximum atomic E-state index is 6.11. The van der Waals surface area contributed by atoms with E-state index in [4.69, 9.17) is 11.6 Å². The average molecular weight is 284 g/mol. The number of rotatable bonds is 7. The summed E-state index contributed by atoms with van der Waals surface area (Å²) in [5.41, 5.74) is 0. The van der Waals surface area contributed by atoms with Crippen LogP contribution in [-0.4, -0.2) is 47.1 Å². The first-order valence-corrected chi connectivity index (χ1v) is 7.21. The monoisotopic (exact) mass is 283 g/mol. The van der Waals surface area contributed by atoms with Crippen molar-refractivity contribution in [2.75, 3.05) is 30.8 Å². The Hall–Kier alpha value is -1.07. The van der Waals surface area contributed by atoms with Gasteiger partial charge in [-0.05, 0) is 33.7 Å². The van der Waals surface area contributed by atoms with Crippen molar-refractivity contribution in [1.29, 1.82) is 0 Å². The van der Waals surface area contributed by atoms with Crippen LogP contribution < -0.4 is 10.6 Å². The first-order chi connectivity index (χ1) is 9.11. The predicted octanol–water partition coefficient (Wildman–Crippen LogP) is 2.46. The molecule has 0 radical (unpaired) electrons. The van der Waals surface area contributed by atoms with Gasteiger partial charge < -0.3 is 10.6 Å². The molecule has 0 spiro atoms. The van der Waals surface area contributed by atoms with E-state index in [9.17, 15) is 0 Å². The molecule has 0 amide bonds. The van der Waals surface area contributed by atoms with Gasteiger partial charge in [0.2, 0.25) is 5.95 Å². The molecule has 106 valence electrons. The van der Waals surface area contributed by atoms with Crippen molar-refractivity contribution in [3.05, 3.63) is 11.2 Å². The van der Waals surface area contributed by atoms with E-state index in [2.05, 4.69) is 39.5 Å². The summed E-state index contributed by atoms with van der Waals surface area (Å²) in [6.45, 7) is 5.85. The number of anilines is 2. The molecule has 2 rings (SSSR count). The van der Waals surface area contributed by atoms with Crippen LogP contribution in [-0.2, 0) is 0 Å². The zero-order chi connectivity index (χ0) is 13.8. The highest BCUT2D eigenvalue weighted by atomic mass is 35.5. The highest BCUT2D eigenvalue weighted by Crippen LogP contribution is 2.27. The van der Waals surface area contributed by atoms with Gasteiger partial charge in [-0.1, -0.05) is 11.6 Å². The molecular formula is C13H22ClN5. The van der Waals surface area contributed by atoms with Crippen LogP contribution in [0.5, 0.6) is 0 Å². The van der Waals surface area contributed by atoms with Gasteiger partial charge in [0.1, 0.15) is 5.02 Å². The van der Waals surface area contributed by atoms with Crippen LogP contribution in [0.2, 0.25) is 5.02 Å². The van der Waals surface area contributed by atoms with Gasteiger partial charge in [0, 0.05) is 25.2 Å². The Morgan fingerprint density at radius 2 is 2.21 bits per heavy atom. The van der Waals surface area contributed by atoms with Crippen molar-refractivity contribution >= 4 is 23.4 Å². The average Bonchev–Trinajstić information content (AvgIpc) is 3.22. The van der Waals surface area contributed by atoms with Crippen molar-refractivity contribution in [3.63, 3.8) is 0 Å². The lowest BCUT2D eigenvalue weighted by molar-refractivity contribution is 0.257. The van der Waals surface area contributed by atoms with Crippen LogP contribution in [0.3, 0.4) is 0 Å². The topological polar surface area (TPSA) is 53.1 Å². The van der Waals surface area contributed by atoms with E-state index in [1.165, 1.54) is 12.8 Å². The van der Waals surface area contributed by atoms with E-state index in [1.54, 1.807) is 6.20 Å². The van der Waals surface area contributed by atoms with Crippen LogP contribution in [0.4, 0.5) is 11.8 Å². The predicted molar refractivity (Wildman–Crippen MR) is 79.9 cm³/mol. The molecule has 2 N–H and O–H groups in total. The first kappa shape index (κ1) is 14.3. The van der Waals surface area contributed by atoms with Crippen molar-refractivity contribution in [2.45, 2.75) is 38.8 Å². The standard InChI is InChI=1S/C13H22ClN5/c1-4-15-13-17-8-11(14)12(18-13)16-7-9(2)19(3)10-5-6-10/h8-10H,4-7H2,1-3H3,(H2,15,16,17,18). The SMILES string of the molecule is CCNc1ncc(Cl)c(NCC(C)N(C)C2CC2)n1. The third kappa shape index (κ3) is 3.94. The molecule has 6 heteroatoms. The quantitative estimate of drug-likeness (QED) is 0.805. The summed E-state index contributed by atoms with van der Waals surface area (Å²) in [4.78, 5) is 10.9. The molecule has 1 unspecified atom stereocenters. The third-order valence-corrected chi connectivity index (χ3v) is 3.74. The molecule has 19 heavy (non-hydrogen) atoms. The van der Waals surface area contributed by atoms with E-state index in [0.29, 0.717) is 22.8 Å². The highest BCUT2D eigenvalue weighted by Gasteiger charge is 2.28. The van der Waals surface area contributed by atoms with Crippen molar-refractivity contribution in [2.24, 2.45) is 0 Å². The minimum atomic E-state index is 0.459. The van der Waals surface area contributed by atoms with Gasteiger partial charge in [-0.15, -0.1) is 0 Å². The summed E-state index contributed by atoms with van der Waals surface area (Å²) in [7, 11) is 2.18. The van der Waals surface area contributed by atoms with Gasteiger partial charge >= 0.3 is 0 Å². The van der Waals surface area contributed by atoms with Crippen molar-refractivity contribution < 1.29 is 0 Å². The number of halogens is 1. The first-order valence-electron chi connectivity index (χ1n) is 6.84. The summed E-state index contributed by atoms with van der Waals surface area (Å²) < 4.78 is 0. The molecule has 1 aromatic rings. The van der Waals surface area contributed by atoms with Gasteiger partial charge in [0.25, 0.3) is 0 Å². The number of aromatic nitrogens is 2. The Balaban J connectivity index is 1.92. The summed E-state index contributed by atoms with van der Waals surface area (Å²) >= 11 is 6.11. The summed E-state index contributed by atoms with van der Waals surface area (Å²) in [6.07, 6.45) is 4.27. The summed E-state index contributed by atoms with van der Waals surface area (Å²) in [5.74, 6) is 1.31. The molecule has 0 aromatic carbocycles. The van der Waals surface area contributed by atoms with Gasteiger partial charge in [0.05, 0.1) is 6.20 Å². The van der Waals surface area contributed by atoms with Crippen LogP contribution in [0.25, 0.3) is 0 Å². The molecule has 0 saturated heterocycles. The lowest BCUT2D eigenvalue weighted by Crippen LogP contribution is -2.36. The van der Waals surface area contributed by atoms with E-state index in [0.717, 1.165) is 19.1 Å². The number of hydrogen-bond acceptors (Lipinski definition) is 5. The van der Waals surface area contributed by atoms with E-state index < -0.39 is 0 Å². The Labute approximate surface area is 119 Å². The van der Waals surface area contributed by atoms with Crippen LogP contribution in [0.15, 0.2) is 6.20 Å². The minimum Gasteiger partial charge on any atom is -0.367 e. The summed E-state index contributed by atoms with van der Waals surface area (Å²) in [6, 6.07) is 1.22. The van der Waals surface area contributed by atoms with Crippen molar-refractivity contribution in [3.8, 4) is 0 Å². The number of nitrogens with one attached hydrogen (secondary N) is 2. The second-order valence-electron chi connectivity index (χ2n) is 5.05. The van der Waals surface area contributed by atoms with Crippen LogP contribution in [0, 0.1) is 0 Å². The lowest BCUT2D eigenvalue weighted by atomic mass is 10.3. The molecule has 1 aliphatic carbocycles. The second-order valence-corrected chi connectivity index (χ2v) is 5.45. The molecule has 0 aliphatic heterocycles. The van der Waals surface area contributed by atoms with Gasteiger partial charge in [-0.25, -0.2) is 4.98 Å². The Kier molecular flexibility index (Phi) is 4.82. The Bertz CT molecular complexity index is 421. The smallest absolute Gasteiger partial charge is 0.224 e. The molecule has 1 aromatic heterocycles. The normalized spacial score (nSPS) is 16.5. The maximum absolute atomic E-state index is 6.11. The highest BCUT2D eigenvalue weighted by molar-refractivity contribution is 6.32. The Morgan fingerprint density at radius 3 is 2.84 bits per heavy atom. The fraction of sp³-hybridized carbons (Fsp3) is 0.692. The van der Waals surface area contributed by atoms with E-state index >= 15 is 0 Å². The van der Waals surface area contributed by atoms with E-state index in [1.807, 2.05) is 6.92 Å². The number of hydrogen-bond donors (Lipinski definition) is 2. The minimum absolute atomic E-state index is 0.459. The molecule has 5 nitrogen and oxygen atoms in total. The van der Waals surface area contributed by atoms with Crippen molar-refractivity contribution in [1.82, 2.24) is 14.9 Å². The fourth-order valence-corrected chi connectivity index (χ4v) is 2.12. The fourth-order valence-electron chi connectivity index (χ4n) is 1.96. The summed E-state index contributed by atoms with van der Waals surface area (Å²) in [5, 5.41) is 6.95. The number of likely N-dealkylation sites (N-methyl/N-ethyl adjacent to an activating group) is 1. The van der Waals surface area contributed by atoms with Gasteiger partial charge in [0.15, 0.2) is 5.82 Å². The van der Waals surface area contributed by atoms with Gasteiger partial charge in [-0.2, -0.15) is 4.98 Å². The van der Waals surface area contributed by atoms with Gasteiger partial charge in [-0.3, -0.25) is 4.90 Å². The molecular weight excluding hydrogens is 262 g/mol. The molecule has 1 fully saturated rings. The zero-order valence-corrected chi connectivity index (χ0v) is 12.5. The molecule has 1 heterocycles. The number of nitrogens with zero attached hydrogens (tertiary/aromatic N) is 3. The largest absolute Gasteiger partial charge is 0.367 e. The second kappa shape index (κ2) is 6.39. The van der Waals surface area contributed by atoms with Crippen LogP contribution >= 0.6 is 11.6 Å². The maximum Gasteiger partial charge on any atom is 0.224 e. The van der Waals surface area contributed by atoms with E-state index in [-0.39, 0.29) is 0 Å². The lowest BCUT2D eigenvalue weighted by Gasteiger charge is -2.25.